The van der Waals surface area contributed by atoms with Crippen LogP contribution in [-0.4, -0.2) is 29.1 Å². The van der Waals surface area contributed by atoms with E-state index in [4.69, 9.17) is 19.4 Å². The molecule has 0 fully saturated rings. The van der Waals surface area contributed by atoms with E-state index >= 15 is 0 Å². The van der Waals surface area contributed by atoms with E-state index in [1.807, 2.05) is 126 Å². The van der Waals surface area contributed by atoms with Gasteiger partial charge in [0.1, 0.15) is 0 Å². The SMILES string of the molecule is Cn1c(-c2cnc(-n3c4[c-]c(Oc5[c-]c(-c6ccccn6)ccc5)ccc4c4ccc(Oc5[c-]c(-c6ccccn6)ccc5)[c-]c43)nc2)cc2ccccc21.[Pd+2].[Pt+2]. The Labute approximate surface area is 356 Å². The van der Waals surface area contributed by atoms with Gasteiger partial charge in [0.05, 0.1) is 5.69 Å². The maximum Gasteiger partial charge on any atom is 2.00 e. The molecule has 0 aliphatic heterocycles. The number of aromatic nitrogens is 6. The molecule has 0 saturated heterocycles. The molecule has 5 aromatic heterocycles. The Kier molecular flexibility index (Phi) is 10.6. The van der Waals surface area contributed by atoms with Gasteiger partial charge in [0.25, 0.3) is 0 Å². The van der Waals surface area contributed by atoms with Crippen LogP contribution >= 0.6 is 0 Å². The summed E-state index contributed by atoms with van der Waals surface area (Å²) in [6.07, 6.45) is 7.23. The molecule has 278 valence electrons. The third-order valence-electron chi connectivity index (χ3n) is 9.48. The van der Waals surface area contributed by atoms with Crippen LogP contribution < -0.4 is 9.47 Å². The molecule has 0 bridgehead atoms. The van der Waals surface area contributed by atoms with Crippen molar-refractivity contribution in [1.29, 1.82) is 0 Å². The number of pyridine rings is 2. The molecule has 0 aliphatic rings. The number of hydrogen-bond acceptors (Lipinski definition) is 6. The number of rotatable bonds is 8. The van der Waals surface area contributed by atoms with E-state index in [0.717, 1.165) is 66.5 Å². The van der Waals surface area contributed by atoms with Gasteiger partial charge in [-0.2, -0.15) is 22.9 Å². The minimum Gasteiger partial charge on any atom is -0.503 e. The summed E-state index contributed by atoms with van der Waals surface area (Å²) in [6, 6.07) is 55.1. The maximum absolute atomic E-state index is 6.36. The van der Waals surface area contributed by atoms with Crippen molar-refractivity contribution in [2.45, 2.75) is 0 Å². The fourth-order valence-electron chi connectivity index (χ4n) is 6.88. The summed E-state index contributed by atoms with van der Waals surface area (Å²) in [5.41, 5.74) is 7.79. The van der Waals surface area contributed by atoms with Crippen LogP contribution in [0.1, 0.15) is 0 Å². The molecular weight excluding hydrogens is 982 g/mol. The molecule has 0 N–H and O–H groups in total. The summed E-state index contributed by atoms with van der Waals surface area (Å²) in [4.78, 5) is 18.8. The Morgan fingerprint density at radius 1 is 0.526 bits per heavy atom. The van der Waals surface area contributed by atoms with Crippen molar-refractivity contribution in [3.05, 3.63) is 176 Å². The Bertz CT molecular complexity index is 2860. The van der Waals surface area contributed by atoms with Gasteiger partial charge in [0.15, 0.2) is 0 Å². The first-order valence-corrected chi connectivity index (χ1v) is 17.7. The van der Waals surface area contributed by atoms with Crippen LogP contribution in [0, 0.1) is 24.3 Å². The molecule has 0 atom stereocenters. The minimum atomic E-state index is 0. The first-order valence-electron chi connectivity index (χ1n) is 17.7. The van der Waals surface area contributed by atoms with Gasteiger partial charge in [-0.3, -0.25) is 0 Å². The predicted molar refractivity (Wildman–Crippen MR) is 213 cm³/mol. The van der Waals surface area contributed by atoms with Crippen molar-refractivity contribution in [3.63, 3.8) is 0 Å². The normalized spacial score (nSPS) is 11.0. The number of hydrogen-bond donors (Lipinski definition) is 0. The van der Waals surface area contributed by atoms with Gasteiger partial charge in [-0.25, -0.2) is 9.97 Å². The third kappa shape index (κ3) is 7.30. The number of benzene rings is 5. The van der Waals surface area contributed by atoms with Crippen LogP contribution in [0.4, 0.5) is 0 Å². The topological polar surface area (TPSA) is 79.9 Å². The van der Waals surface area contributed by atoms with Crippen LogP contribution in [0.25, 0.3) is 72.4 Å². The molecule has 0 saturated carbocycles. The van der Waals surface area contributed by atoms with E-state index in [1.165, 1.54) is 0 Å². The van der Waals surface area contributed by atoms with Gasteiger partial charge >= 0.3 is 41.5 Å². The monoisotopic (exact) mass is 1010 g/mol. The number of fused-ring (bicyclic) bond motifs is 4. The quantitative estimate of drug-likeness (QED) is 0.111. The summed E-state index contributed by atoms with van der Waals surface area (Å²) in [7, 11) is 2.05. The summed E-state index contributed by atoms with van der Waals surface area (Å²) < 4.78 is 16.8. The average molecular weight is 1010 g/mol. The Hall–Kier alpha value is -6.23. The van der Waals surface area contributed by atoms with E-state index in [-0.39, 0.29) is 41.5 Å². The molecule has 0 amide bonds. The summed E-state index contributed by atoms with van der Waals surface area (Å²) in [6.45, 7) is 0. The smallest absolute Gasteiger partial charge is 0.503 e. The van der Waals surface area contributed by atoms with Crippen molar-refractivity contribution in [2.24, 2.45) is 7.05 Å². The first kappa shape index (κ1) is 37.7. The zero-order chi connectivity index (χ0) is 36.7. The predicted octanol–water partition coefficient (Wildman–Crippen LogP) is 10.6. The zero-order valence-electron chi connectivity index (χ0n) is 30.1. The summed E-state index contributed by atoms with van der Waals surface area (Å²) >= 11 is 0. The third-order valence-corrected chi connectivity index (χ3v) is 9.48. The van der Waals surface area contributed by atoms with Crippen LogP contribution in [0.5, 0.6) is 23.0 Å². The van der Waals surface area contributed by atoms with Crippen molar-refractivity contribution >= 4 is 32.7 Å². The van der Waals surface area contributed by atoms with E-state index in [1.54, 1.807) is 12.4 Å². The number of para-hydroxylation sites is 1. The maximum atomic E-state index is 6.36. The Morgan fingerprint density at radius 2 is 1.05 bits per heavy atom. The Morgan fingerprint density at radius 3 is 1.58 bits per heavy atom. The second kappa shape index (κ2) is 16.1. The van der Waals surface area contributed by atoms with Gasteiger partial charge in [-0.15, -0.1) is 71.8 Å². The van der Waals surface area contributed by atoms with Gasteiger partial charge in [-0.1, -0.05) is 65.6 Å². The van der Waals surface area contributed by atoms with Crippen LogP contribution in [0.15, 0.2) is 152 Å². The standard InChI is InChI=1S/C47H28N6O2.Pd.Pt/c1-52-43-17-3-2-10-33(43)26-44(52)34-29-50-47(51-30-34)53-45-27-37(54-35-13-8-11-31(24-35)41-15-4-6-22-48-41)18-20-39(45)40-21-19-38(28-46(40)53)55-36-14-9-12-32(25-36)42-16-5-7-23-49-42;;/h2-23,26,29-30H,1H3;;/q-4;2*+2. The molecule has 0 aliphatic carbocycles. The van der Waals surface area contributed by atoms with Gasteiger partial charge in [-0.05, 0) is 35.7 Å². The number of aryl methyl sites for hydroxylation is 1. The van der Waals surface area contributed by atoms with E-state index < -0.39 is 0 Å². The molecule has 10 aromatic rings. The van der Waals surface area contributed by atoms with Gasteiger partial charge < -0.3 is 28.6 Å². The zero-order valence-corrected chi connectivity index (χ0v) is 33.9. The minimum absolute atomic E-state index is 0. The fourth-order valence-corrected chi connectivity index (χ4v) is 6.88. The molecule has 5 heterocycles. The Balaban J connectivity index is 0.00000228. The summed E-state index contributed by atoms with van der Waals surface area (Å²) in [5.74, 6) is 2.56. The van der Waals surface area contributed by atoms with E-state index in [2.05, 4.69) is 64.0 Å². The second-order valence-electron chi connectivity index (χ2n) is 12.9. The van der Waals surface area contributed by atoms with E-state index in [9.17, 15) is 0 Å². The van der Waals surface area contributed by atoms with Gasteiger partial charge in [0, 0.05) is 71.3 Å². The molecule has 0 spiro atoms. The van der Waals surface area contributed by atoms with Crippen LogP contribution in [-0.2, 0) is 48.5 Å². The second-order valence-corrected chi connectivity index (χ2v) is 12.9. The largest absolute Gasteiger partial charge is 2.00 e. The van der Waals surface area contributed by atoms with Crippen LogP contribution in [0.3, 0.4) is 0 Å². The average Bonchev–Trinajstić information content (AvgIpc) is 3.75. The van der Waals surface area contributed by atoms with E-state index in [0.29, 0.717) is 28.9 Å². The molecule has 10 heteroatoms. The van der Waals surface area contributed by atoms with Crippen LogP contribution in [0.2, 0.25) is 0 Å². The first-order chi connectivity index (χ1) is 27.1. The van der Waals surface area contributed by atoms with Gasteiger partial charge in [0.2, 0.25) is 5.95 Å². The molecule has 10 rings (SSSR count). The number of ether oxygens (including phenoxy) is 2. The molecule has 0 radical (unpaired) electrons. The van der Waals surface area contributed by atoms with Crippen molar-refractivity contribution in [3.8, 4) is 62.7 Å². The molecule has 5 aromatic carbocycles. The molecule has 8 nitrogen and oxygen atoms in total. The molecule has 57 heavy (non-hydrogen) atoms. The summed E-state index contributed by atoms with van der Waals surface area (Å²) in [5, 5.41) is 3.02. The van der Waals surface area contributed by atoms with Crippen molar-refractivity contribution in [1.82, 2.24) is 29.1 Å². The van der Waals surface area contributed by atoms with Crippen molar-refractivity contribution in [2.75, 3.05) is 0 Å². The van der Waals surface area contributed by atoms with Crippen molar-refractivity contribution < 1.29 is 51.0 Å². The number of nitrogens with zero attached hydrogens (tertiary/aromatic N) is 6. The molecular formula is C47H28N6O2PdPt. The fraction of sp³-hybridized carbons (Fsp3) is 0.0213. The molecule has 0 unspecified atom stereocenters.